The minimum Gasteiger partial charge on any atom is -0.464 e. The Morgan fingerprint density at radius 3 is 2.10 bits per heavy atom. The zero-order chi connectivity index (χ0) is 22.7. The number of hydrogen-bond donors (Lipinski definition) is 0. The number of oxazole rings is 1. The van der Waals surface area contributed by atoms with Gasteiger partial charge in [-0.1, -0.05) is 6.92 Å². The van der Waals surface area contributed by atoms with Crippen LogP contribution >= 0.6 is 0 Å². The minimum absolute atomic E-state index is 0.00757. The quantitative estimate of drug-likeness (QED) is 0.489. The molecule has 0 atom stereocenters. The summed E-state index contributed by atoms with van der Waals surface area (Å²) in [5.41, 5.74) is -4.18. The fraction of sp³-hybridized carbons (Fsp3) is 0.389. The molecule has 0 fully saturated rings. The number of hydrogen-bond acceptors (Lipinski definition) is 5. The van der Waals surface area contributed by atoms with Gasteiger partial charge >= 0.3 is 18.3 Å². The Kier molecular flexibility index (Phi) is 6.78. The van der Waals surface area contributed by atoms with E-state index in [0.717, 1.165) is 18.3 Å². The van der Waals surface area contributed by atoms with Crippen molar-refractivity contribution in [3.8, 4) is 0 Å². The lowest BCUT2D eigenvalue weighted by atomic mass is 10.0. The largest absolute Gasteiger partial charge is 0.464 e. The smallest absolute Gasteiger partial charge is 0.416 e. The van der Waals surface area contributed by atoms with Gasteiger partial charge in [0.1, 0.15) is 6.26 Å². The van der Waals surface area contributed by atoms with Crippen LogP contribution in [-0.2, 0) is 23.6 Å². The van der Waals surface area contributed by atoms with E-state index < -0.39 is 40.9 Å². The highest BCUT2D eigenvalue weighted by molar-refractivity contribution is 5.94. The number of methoxy groups -OCH3 is 1. The van der Waals surface area contributed by atoms with Gasteiger partial charge in [0.2, 0.25) is 5.89 Å². The molecule has 164 valence electrons. The van der Waals surface area contributed by atoms with Crippen molar-refractivity contribution in [2.75, 3.05) is 13.7 Å². The van der Waals surface area contributed by atoms with Crippen LogP contribution in [0.2, 0.25) is 0 Å². The lowest BCUT2D eigenvalue weighted by Gasteiger charge is -2.22. The number of carbonyl (C=O) groups is 2. The van der Waals surface area contributed by atoms with E-state index in [1.807, 2.05) is 0 Å². The normalized spacial score (nSPS) is 12.0. The monoisotopic (exact) mass is 438 g/mol. The molecule has 6 nitrogen and oxygen atoms in total. The first-order chi connectivity index (χ1) is 13.9. The summed E-state index contributed by atoms with van der Waals surface area (Å²) in [6.07, 6.45) is -8.85. The molecule has 0 radical (unpaired) electrons. The molecule has 12 heteroatoms. The van der Waals surface area contributed by atoms with Crippen LogP contribution < -0.4 is 0 Å². The van der Waals surface area contributed by atoms with Gasteiger partial charge in [0.05, 0.1) is 24.8 Å². The maximum Gasteiger partial charge on any atom is 0.416 e. The second-order valence-electron chi connectivity index (χ2n) is 6.14. The molecule has 1 amide bonds. The number of esters is 1. The molecule has 0 aliphatic rings. The zero-order valence-corrected chi connectivity index (χ0v) is 15.7. The van der Waals surface area contributed by atoms with E-state index in [1.165, 1.54) is 0 Å². The summed E-state index contributed by atoms with van der Waals surface area (Å²) in [6, 6.07) is 0.656. The first-order valence-electron chi connectivity index (χ1n) is 8.48. The molecule has 1 aromatic heterocycles. The highest BCUT2D eigenvalue weighted by Gasteiger charge is 2.38. The number of benzene rings is 1. The van der Waals surface area contributed by atoms with Gasteiger partial charge in [-0.15, -0.1) is 0 Å². The average molecular weight is 438 g/mol. The van der Waals surface area contributed by atoms with Crippen LogP contribution in [0.15, 0.2) is 28.9 Å². The Morgan fingerprint density at radius 1 is 1.07 bits per heavy atom. The molecule has 0 N–H and O–H groups in total. The first-order valence-corrected chi connectivity index (χ1v) is 8.48. The number of carbonyl (C=O) groups excluding carboxylic acids is 2. The Morgan fingerprint density at radius 2 is 1.63 bits per heavy atom. The molecule has 1 heterocycles. The molecule has 0 unspecified atom stereocenters. The molecule has 0 aliphatic carbocycles. The topological polar surface area (TPSA) is 72.6 Å². The lowest BCUT2D eigenvalue weighted by molar-refractivity contribution is -0.143. The third-order valence-corrected chi connectivity index (χ3v) is 3.89. The summed E-state index contributed by atoms with van der Waals surface area (Å²) in [5.74, 6) is -2.03. The molecule has 0 saturated carbocycles. The van der Waals surface area contributed by atoms with E-state index in [-0.39, 0.29) is 30.7 Å². The van der Waals surface area contributed by atoms with Gasteiger partial charge in [0, 0.05) is 12.1 Å². The van der Waals surface area contributed by atoms with Crippen LogP contribution in [0.4, 0.5) is 26.3 Å². The molecular weight excluding hydrogens is 422 g/mol. The fourth-order valence-corrected chi connectivity index (χ4v) is 2.53. The highest BCUT2D eigenvalue weighted by atomic mass is 19.4. The van der Waals surface area contributed by atoms with Crippen molar-refractivity contribution in [1.29, 1.82) is 0 Å². The second-order valence-corrected chi connectivity index (χ2v) is 6.14. The first kappa shape index (κ1) is 23.2. The average Bonchev–Trinajstić information content (AvgIpc) is 3.13. The molecule has 0 aliphatic heterocycles. The molecule has 2 rings (SSSR count). The van der Waals surface area contributed by atoms with E-state index in [1.54, 1.807) is 6.92 Å². The molecule has 0 spiro atoms. The maximum atomic E-state index is 13.0. The van der Waals surface area contributed by atoms with Crippen molar-refractivity contribution in [2.24, 2.45) is 0 Å². The SMILES string of the molecule is CCCN(Cc1nc(C(=O)OC)co1)C(=O)c1cc(C(F)(F)F)cc(C(F)(F)F)c1. The number of aromatic nitrogens is 1. The Bertz CT molecular complexity index is 888. The Labute approximate surface area is 166 Å². The number of amides is 1. The predicted molar refractivity (Wildman–Crippen MR) is 89.3 cm³/mol. The molecule has 30 heavy (non-hydrogen) atoms. The van der Waals surface area contributed by atoms with E-state index in [9.17, 15) is 35.9 Å². The van der Waals surface area contributed by atoms with Crippen LogP contribution in [0.5, 0.6) is 0 Å². The van der Waals surface area contributed by atoms with Gasteiger partial charge < -0.3 is 14.1 Å². The summed E-state index contributed by atoms with van der Waals surface area (Å²) in [5, 5.41) is 0. The highest BCUT2D eigenvalue weighted by Crippen LogP contribution is 2.36. The minimum atomic E-state index is -5.08. The fourth-order valence-electron chi connectivity index (χ4n) is 2.53. The van der Waals surface area contributed by atoms with E-state index in [4.69, 9.17) is 4.42 Å². The third kappa shape index (κ3) is 5.51. The number of ether oxygens (including phenoxy) is 1. The standard InChI is InChI=1S/C18H16F6N2O4/c1-3-4-26(8-14-25-13(9-30-14)16(28)29-2)15(27)10-5-11(17(19,20)21)7-12(6-10)18(22,23)24/h5-7,9H,3-4,8H2,1-2H3. The molecular formula is C18H16F6N2O4. The van der Waals surface area contributed by atoms with Crippen LogP contribution in [0.1, 0.15) is 51.2 Å². The number of alkyl halides is 6. The number of nitrogens with zero attached hydrogens (tertiary/aromatic N) is 2. The van der Waals surface area contributed by atoms with Gasteiger partial charge in [-0.25, -0.2) is 9.78 Å². The van der Waals surface area contributed by atoms with Gasteiger partial charge in [0.15, 0.2) is 5.69 Å². The van der Waals surface area contributed by atoms with E-state index in [2.05, 4.69) is 9.72 Å². The number of halogens is 6. The lowest BCUT2D eigenvalue weighted by Crippen LogP contribution is -2.32. The van der Waals surface area contributed by atoms with Crippen molar-refractivity contribution in [2.45, 2.75) is 32.2 Å². The van der Waals surface area contributed by atoms with Crippen LogP contribution in [0, 0.1) is 0 Å². The van der Waals surface area contributed by atoms with Crippen molar-refractivity contribution in [3.05, 3.63) is 52.7 Å². The summed E-state index contributed by atoms with van der Waals surface area (Å²) in [6.45, 7) is 1.27. The van der Waals surface area contributed by atoms with E-state index in [0.29, 0.717) is 18.6 Å². The van der Waals surface area contributed by atoms with Gasteiger partial charge in [-0.3, -0.25) is 4.79 Å². The molecule has 2 aromatic rings. The zero-order valence-electron chi connectivity index (χ0n) is 15.7. The second kappa shape index (κ2) is 8.76. The van der Waals surface area contributed by atoms with Crippen molar-refractivity contribution >= 4 is 11.9 Å². The van der Waals surface area contributed by atoms with Gasteiger partial charge in [0.25, 0.3) is 5.91 Å². The maximum absolute atomic E-state index is 13.0. The van der Waals surface area contributed by atoms with Crippen LogP contribution in [-0.4, -0.2) is 35.4 Å². The summed E-state index contributed by atoms with van der Waals surface area (Å²) in [4.78, 5) is 28.9. The summed E-state index contributed by atoms with van der Waals surface area (Å²) in [7, 11) is 1.11. The molecule has 0 saturated heterocycles. The van der Waals surface area contributed by atoms with Crippen molar-refractivity contribution in [1.82, 2.24) is 9.88 Å². The summed E-state index contributed by atoms with van der Waals surface area (Å²) < 4.78 is 87.8. The van der Waals surface area contributed by atoms with Crippen molar-refractivity contribution < 1.29 is 45.1 Å². The summed E-state index contributed by atoms with van der Waals surface area (Å²) >= 11 is 0. The number of rotatable bonds is 6. The van der Waals surface area contributed by atoms with Gasteiger partial charge in [-0.05, 0) is 24.6 Å². The van der Waals surface area contributed by atoms with Crippen molar-refractivity contribution in [3.63, 3.8) is 0 Å². The Balaban J connectivity index is 2.41. The van der Waals surface area contributed by atoms with Gasteiger partial charge in [-0.2, -0.15) is 26.3 Å². The molecule has 0 bridgehead atoms. The van der Waals surface area contributed by atoms with Crippen LogP contribution in [0.25, 0.3) is 0 Å². The van der Waals surface area contributed by atoms with E-state index >= 15 is 0 Å². The predicted octanol–water partition coefficient (Wildman–Crippen LogP) is 4.55. The molecule has 1 aromatic carbocycles. The Hall–Kier alpha value is -3.05. The third-order valence-electron chi connectivity index (χ3n) is 3.89. The van der Waals surface area contributed by atoms with Crippen LogP contribution in [0.3, 0.4) is 0 Å².